The number of esters is 1. The highest BCUT2D eigenvalue weighted by atomic mass is 19.1. The number of carbonyl (C=O) groups is 1. The fourth-order valence-corrected chi connectivity index (χ4v) is 4.90. The van der Waals surface area contributed by atoms with Gasteiger partial charge in [0.25, 0.3) is 0 Å². The van der Waals surface area contributed by atoms with Gasteiger partial charge in [0.05, 0.1) is 13.0 Å². The minimum Gasteiger partial charge on any atom is -0.469 e. The summed E-state index contributed by atoms with van der Waals surface area (Å²) in [5.74, 6) is 1.92. The van der Waals surface area contributed by atoms with Crippen molar-refractivity contribution in [2.24, 2.45) is 35.5 Å². The summed E-state index contributed by atoms with van der Waals surface area (Å²) in [6.07, 6.45) is 2.02. The van der Waals surface area contributed by atoms with Gasteiger partial charge >= 0.3 is 5.97 Å². The minimum absolute atomic E-state index is 0.0141. The number of halogens is 1. The van der Waals surface area contributed by atoms with Gasteiger partial charge in [0.2, 0.25) is 0 Å². The number of hydrogen-bond acceptors (Lipinski definition) is 2. The number of ether oxygens (including phenoxy) is 1. The second kappa shape index (κ2) is 3.44. The van der Waals surface area contributed by atoms with Crippen LogP contribution in [0.5, 0.6) is 0 Å². The number of rotatable bonds is 1. The molecule has 0 aromatic heterocycles. The van der Waals surface area contributed by atoms with Crippen molar-refractivity contribution >= 4 is 5.97 Å². The van der Waals surface area contributed by atoms with Gasteiger partial charge in [0, 0.05) is 0 Å². The lowest BCUT2D eigenvalue weighted by molar-refractivity contribution is -0.148. The second-order valence-electron chi connectivity index (χ2n) is 5.91. The highest BCUT2D eigenvalue weighted by molar-refractivity contribution is 5.73. The Balaban J connectivity index is 1.84. The number of carbonyl (C=O) groups excluding carboxylic acids is 1. The minimum atomic E-state index is -0.678. The summed E-state index contributed by atoms with van der Waals surface area (Å²) >= 11 is 0. The Labute approximate surface area is 95.5 Å². The molecule has 0 aromatic carbocycles. The molecule has 3 fully saturated rings. The standard InChI is InChI=1S/C13H19FO2/c1-6-3-10(14)12-8-4-7(11(6)12)5-9(8)13(15)16-2/h6-12H,3-5H2,1-2H3. The van der Waals surface area contributed by atoms with Crippen LogP contribution in [-0.4, -0.2) is 19.3 Å². The lowest BCUT2D eigenvalue weighted by Gasteiger charge is -2.32. The first-order chi connectivity index (χ1) is 7.63. The first-order valence-electron chi connectivity index (χ1n) is 6.35. The van der Waals surface area contributed by atoms with Crippen LogP contribution in [0.25, 0.3) is 0 Å². The third-order valence-corrected chi connectivity index (χ3v) is 5.31. The summed E-state index contributed by atoms with van der Waals surface area (Å²) in [7, 11) is 1.44. The van der Waals surface area contributed by atoms with Crippen molar-refractivity contribution in [1.29, 1.82) is 0 Å². The van der Waals surface area contributed by atoms with Crippen LogP contribution in [0.4, 0.5) is 4.39 Å². The lowest BCUT2D eigenvalue weighted by atomic mass is 9.73. The Bertz CT molecular complexity index is 317. The summed E-state index contributed by atoms with van der Waals surface area (Å²) in [6.45, 7) is 2.17. The Morgan fingerprint density at radius 1 is 1.25 bits per heavy atom. The molecule has 0 aromatic rings. The molecule has 2 nitrogen and oxygen atoms in total. The summed E-state index contributed by atoms with van der Waals surface area (Å²) < 4.78 is 18.8. The number of fused-ring (bicyclic) bond motifs is 5. The van der Waals surface area contributed by atoms with Crippen LogP contribution in [0.15, 0.2) is 0 Å². The molecule has 0 aliphatic heterocycles. The lowest BCUT2D eigenvalue weighted by Crippen LogP contribution is -2.34. The topological polar surface area (TPSA) is 26.3 Å². The van der Waals surface area contributed by atoms with Crippen molar-refractivity contribution in [2.45, 2.75) is 32.4 Å². The smallest absolute Gasteiger partial charge is 0.308 e. The summed E-state index contributed by atoms with van der Waals surface area (Å²) in [5.41, 5.74) is 0. The fraction of sp³-hybridized carbons (Fsp3) is 0.923. The van der Waals surface area contributed by atoms with E-state index in [9.17, 15) is 9.18 Å². The molecule has 0 spiro atoms. The van der Waals surface area contributed by atoms with E-state index in [2.05, 4.69) is 6.92 Å². The monoisotopic (exact) mass is 226 g/mol. The fourth-order valence-electron chi connectivity index (χ4n) is 4.90. The normalized spacial score (nSPS) is 54.1. The first kappa shape index (κ1) is 10.5. The van der Waals surface area contributed by atoms with E-state index in [-0.39, 0.29) is 23.7 Å². The van der Waals surface area contributed by atoms with Crippen LogP contribution >= 0.6 is 0 Å². The molecular weight excluding hydrogens is 207 g/mol. The molecule has 3 rings (SSSR count). The van der Waals surface area contributed by atoms with Gasteiger partial charge in [-0.3, -0.25) is 4.79 Å². The predicted molar refractivity (Wildman–Crippen MR) is 57.4 cm³/mol. The average molecular weight is 226 g/mol. The summed E-state index contributed by atoms with van der Waals surface area (Å²) in [4.78, 5) is 11.6. The van der Waals surface area contributed by atoms with Gasteiger partial charge < -0.3 is 4.74 Å². The average Bonchev–Trinajstić information content (AvgIpc) is 2.90. The predicted octanol–water partition coefficient (Wildman–Crippen LogP) is 2.43. The van der Waals surface area contributed by atoms with E-state index in [1.807, 2.05) is 0 Å². The van der Waals surface area contributed by atoms with E-state index in [1.54, 1.807) is 0 Å². The third-order valence-electron chi connectivity index (χ3n) is 5.31. The van der Waals surface area contributed by atoms with E-state index in [0.717, 1.165) is 12.8 Å². The molecule has 16 heavy (non-hydrogen) atoms. The van der Waals surface area contributed by atoms with Crippen molar-refractivity contribution in [3.05, 3.63) is 0 Å². The summed E-state index contributed by atoms with van der Waals surface area (Å²) in [6, 6.07) is 0. The molecule has 0 radical (unpaired) electrons. The summed E-state index contributed by atoms with van der Waals surface area (Å²) in [5, 5.41) is 0. The van der Waals surface area contributed by atoms with Gasteiger partial charge in [0.1, 0.15) is 6.17 Å². The van der Waals surface area contributed by atoms with Crippen LogP contribution in [0.1, 0.15) is 26.2 Å². The zero-order valence-electron chi connectivity index (χ0n) is 9.86. The maximum Gasteiger partial charge on any atom is 0.308 e. The zero-order chi connectivity index (χ0) is 11.4. The first-order valence-corrected chi connectivity index (χ1v) is 6.35. The molecule has 0 amide bonds. The van der Waals surface area contributed by atoms with Crippen molar-refractivity contribution in [1.82, 2.24) is 0 Å². The van der Waals surface area contributed by atoms with E-state index in [4.69, 9.17) is 4.74 Å². The van der Waals surface area contributed by atoms with E-state index < -0.39 is 6.17 Å². The van der Waals surface area contributed by atoms with Gasteiger partial charge in [-0.15, -0.1) is 0 Å². The molecule has 3 aliphatic rings. The van der Waals surface area contributed by atoms with Gasteiger partial charge in [-0.25, -0.2) is 4.39 Å². The van der Waals surface area contributed by atoms with Crippen LogP contribution in [-0.2, 0) is 9.53 Å². The Morgan fingerprint density at radius 3 is 2.69 bits per heavy atom. The van der Waals surface area contributed by atoms with Crippen molar-refractivity contribution in [3.8, 4) is 0 Å². The Kier molecular flexibility index (Phi) is 2.27. The van der Waals surface area contributed by atoms with Gasteiger partial charge in [-0.1, -0.05) is 6.92 Å². The largest absolute Gasteiger partial charge is 0.469 e. The number of methoxy groups -OCH3 is 1. The van der Waals surface area contributed by atoms with Crippen molar-refractivity contribution in [3.63, 3.8) is 0 Å². The maximum absolute atomic E-state index is 14.0. The molecule has 0 heterocycles. The van der Waals surface area contributed by atoms with Crippen LogP contribution in [0, 0.1) is 35.5 Å². The van der Waals surface area contributed by atoms with Crippen LogP contribution < -0.4 is 0 Å². The number of alkyl halides is 1. The maximum atomic E-state index is 14.0. The SMILES string of the molecule is COC(=O)C1CC2CC1C1C(F)CC(C)C21. The molecule has 2 bridgehead atoms. The molecule has 90 valence electrons. The zero-order valence-corrected chi connectivity index (χ0v) is 9.86. The molecular formula is C13H19FO2. The van der Waals surface area contributed by atoms with E-state index in [1.165, 1.54) is 7.11 Å². The van der Waals surface area contributed by atoms with E-state index in [0.29, 0.717) is 24.2 Å². The Hall–Kier alpha value is -0.600. The second-order valence-corrected chi connectivity index (χ2v) is 5.91. The molecule has 3 saturated carbocycles. The van der Waals surface area contributed by atoms with Crippen molar-refractivity contribution < 1.29 is 13.9 Å². The molecule has 3 heteroatoms. The highest BCUT2D eigenvalue weighted by Gasteiger charge is 2.61. The molecule has 0 saturated heterocycles. The number of hydrogen-bond donors (Lipinski definition) is 0. The van der Waals surface area contributed by atoms with Gasteiger partial charge in [0.15, 0.2) is 0 Å². The molecule has 7 unspecified atom stereocenters. The van der Waals surface area contributed by atoms with Gasteiger partial charge in [-0.2, -0.15) is 0 Å². The van der Waals surface area contributed by atoms with Crippen LogP contribution in [0.2, 0.25) is 0 Å². The third kappa shape index (κ3) is 1.20. The molecule has 7 atom stereocenters. The van der Waals surface area contributed by atoms with Crippen molar-refractivity contribution in [2.75, 3.05) is 7.11 Å². The van der Waals surface area contributed by atoms with Gasteiger partial charge in [-0.05, 0) is 48.9 Å². The molecule has 0 N–H and O–H groups in total. The van der Waals surface area contributed by atoms with Crippen LogP contribution in [0.3, 0.4) is 0 Å². The van der Waals surface area contributed by atoms with E-state index >= 15 is 0 Å². The highest BCUT2D eigenvalue weighted by Crippen LogP contribution is 2.63. The molecule has 3 aliphatic carbocycles. The quantitative estimate of drug-likeness (QED) is 0.642. The Morgan fingerprint density at radius 2 is 2.00 bits per heavy atom.